The molecule has 0 bridgehead atoms. The number of carbonyl (C=O) groups excluding carboxylic acids is 2. The Labute approximate surface area is 126 Å². The molecule has 1 spiro atoms. The molecule has 5 nitrogen and oxygen atoms in total. The molecule has 1 unspecified atom stereocenters. The number of hydrogen-bond acceptors (Lipinski definition) is 3. The van der Waals surface area contributed by atoms with Crippen molar-refractivity contribution in [3.8, 4) is 0 Å². The third-order valence-electron chi connectivity index (χ3n) is 5.09. The molecule has 5 heteroatoms. The third-order valence-corrected chi connectivity index (χ3v) is 5.09. The molecule has 1 saturated carbocycles. The summed E-state index contributed by atoms with van der Waals surface area (Å²) in [4.78, 5) is 26.9. The molecule has 1 N–H and O–H groups in total. The van der Waals surface area contributed by atoms with Crippen molar-refractivity contribution in [2.75, 3.05) is 19.7 Å². The Hall–Kier alpha value is -1.10. The topological polar surface area (TPSA) is 58.6 Å². The lowest BCUT2D eigenvalue weighted by atomic mass is 9.80. The molecule has 0 radical (unpaired) electrons. The zero-order valence-corrected chi connectivity index (χ0v) is 12.7. The summed E-state index contributed by atoms with van der Waals surface area (Å²) >= 11 is 0. The Morgan fingerprint density at radius 2 is 1.95 bits per heavy atom. The van der Waals surface area contributed by atoms with Crippen LogP contribution in [0.15, 0.2) is 0 Å². The fraction of sp³-hybridized carbons (Fsp3) is 0.875. The molecule has 2 aliphatic heterocycles. The van der Waals surface area contributed by atoms with Crippen LogP contribution in [0.5, 0.6) is 0 Å². The SMILES string of the molecule is O=C1CCN(CC2CCCCO2)C(=O)C2(CCCCC2)N1. The standard InChI is InChI=1S/C16H26N2O3/c19-14-7-10-18(12-13-6-2-5-11-21-13)15(20)16(17-14)8-3-1-4-9-16/h13H,1-12H2,(H,17,19). The van der Waals surface area contributed by atoms with E-state index in [0.29, 0.717) is 19.5 Å². The number of nitrogens with zero attached hydrogens (tertiary/aromatic N) is 1. The van der Waals surface area contributed by atoms with E-state index in [0.717, 1.165) is 51.6 Å². The van der Waals surface area contributed by atoms with Crippen LogP contribution in [0.1, 0.15) is 57.8 Å². The second-order valence-electron chi connectivity index (χ2n) is 6.68. The van der Waals surface area contributed by atoms with E-state index in [9.17, 15) is 9.59 Å². The van der Waals surface area contributed by atoms with Crippen molar-refractivity contribution in [2.24, 2.45) is 0 Å². The van der Waals surface area contributed by atoms with E-state index in [1.807, 2.05) is 4.90 Å². The lowest BCUT2D eigenvalue weighted by molar-refractivity contribution is -0.142. The van der Waals surface area contributed by atoms with Crippen molar-refractivity contribution < 1.29 is 14.3 Å². The highest BCUT2D eigenvalue weighted by atomic mass is 16.5. The summed E-state index contributed by atoms with van der Waals surface area (Å²) in [5.41, 5.74) is -0.625. The maximum absolute atomic E-state index is 13.0. The number of ether oxygens (including phenoxy) is 1. The predicted octanol–water partition coefficient (Wildman–Crippen LogP) is 1.61. The largest absolute Gasteiger partial charge is 0.376 e. The van der Waals surface area contributed by atoms with Crippen LogP contribution in [-0.4, -0.2) is 48.1 Å². The Balaban J connectivity index is 1.72. The molecule has 3 aliphatic rings. The minimum atomic E-state index is -0.625. The number of nitrogens with one attached hydrogen (secondary N) is 1. The highest BCUT2D eigenvalue weighted by molar-refractivity contribution is 5.93. The van der Waals surface area contributed by atoms with E-state index in [1.54, 1.807) is 0 Å². The highest BCUT2D eigenvalue weighted by Gasteiger charge is 2.45. The van der Waals surface area contributed by atoms with Gasteiger partial charge in [-0.1, -0.05) is 19.3 Å². The minimum Gasteiger partial charge on any atom is -0.376 e. The van der Waals surface area contributed by atoms with Crippen molar-refractivity contribution in [3.05, 3.63) is 0 Å². The van der Waals surface area contributed by atoms with Crippen LogP contribution >= 0.6 is 0 Å². The number of amides is 2. The molecule has 0 aromatic rings. The van der Waals surface area contributed by atoms with E-state index in [4.69, 9.17) is 4.74 Å². The average molecular weight is 294 g/mol. The molecule has 118 valence electrons. The van der Waals surface area contributed by atoms with Crippen molar-refractivity contribution in [2.45, 2.75) is 69.4 Å². The van der Waals surface area contributed by atoms with Gasteiger partial charge in [-0.3, -0.25) is 9.59 Å². The first kappa shape index (κ1) is 14.8. The van der Waals surface area contributed by atoms with Crippen LogP contribution in [0.3, 0.4) is 0 Å². The molecule has 0 aromatic carbocycles. The normalized spacial score (nSPS) is 30.1. The monoisotopic (exact) mass is 294 g/mol. The molecule has 2 amide bonds. The number of rotatable bonds is 2. The van der Waals surface area contributed by atoms with Gasteiger partial charge in [-0.2, -0.15) is 0 Å². The third kappa shape index (κ3) is 3.23. The summed E-state index contributed by atoms with van der Waals surface area (Å²) in [5, 5.41) is 3.04. The summed E-state index contributed by atoms with van der Waals surface area (Å²) in [5.74, 6) is 0.152. The van der Waals surface area contributed by atoms with Gasteiger partial charge in [0, 0.05) is 26.1 Å². The molecule has 0 aromatic heterocycles. The molecule has 21 heavy (non-hydrogen) atoms. The highest BCUT2D eigenvalue weighted by Crippen LogP contribution is 2.32. The summed E-state index contributed by atoms with van der Waals surface area (Å²) in [6.07, 6.45) is 8.69. The van der Waals surface area contributed by atoms with E-state index >= 15 is 0 Å². The Morgan fingerprint density at radius 1 is 1.14 bits per heavy atom. The fourth-order valence-electron chi connectivity index (χ4n) is 3.89. The first-order valence-corrected chi connectivity index (χ1v) is 8.42. The van der Waals surface area contributed by atoms with Gasteiger partial charge in [-0.15, -0.1) is 0 Å². The summed E-state index contributed by atoms with van der Waals surface area (Å²) in [6.45, 7) is 1.98. The van der Waals surface area contributed by atoms with Crippen molar-refractivity contribution in [1.29, 1.82) is 0 Å². The van der Waals surface area contributed by atoms with Crippen LogP contribution in [0.25, 0.3) is 0 Å². The minimum absolute atomic E-state index is 0.0253. The molecule has 3 rings (SSSR count). The summed E-state index contributed by atoms with van der Waals surface area (Å²) in [6, 6.07) is 0. The molecule has 1 atom stereocenters. The van der Waals surface area contributed by atoms with Crippen LogP contribution in [0.4, 0.5) is 0 Å². The maximum Gasteiger partial charge on any atom is 0.248 e. The van der Waals surface area contributed by atoms with Gasteiger partial charge in [0.2, 0.25) is 11.8 Å². The van der Waals surface area contributed by atoms with Gasteiger partial charge in [0.1, 0.15) is 5.54 Å². The van der Waals surface area contributed by atoms with Crippen LogP contribution in [0.2, 0.25) is 0 Å². The van der Waals surface area contributed by atoms with Gasteiger partial charge in [0.05, 0.1) is 6.10 Å². The average Bonchev–Trinajstić information content (AvgIpc) is 2.62. The van der Waals surface area contributed by atoms with Crippen LogP contribution in [0, 0.1) is 0 Å². The molecule has 3 fully saturated rings. The van der Waals surface area contributed by atoms with Crippen LogP contribution in [-0.2, 0) is 14.3 Å². The van der Waals surface area contributed by atoms with Crippen molar-refractivity contribution >= 4 is 11.8 Å². The summed E-state index contributed by atoms with van der Waals surface area (Å²) < 4.78 is 5.77. The molecule has 2 saturated heterocycles. The van der Waals surface area contributed by atoms with E-state index in [2.05, 4.69) is 5.32 Å². The second-order valence-corrected chi connectivity index (χ2v) is 6.68. The Bertz CT molecular complexity index is 398. The molecular formula is C16H26N2O3. The molecule has 2 heterocycles. The maximum atomic E-state index is 13.0. The first-order valence-electron chi connectivity index (χ1n) is 8.42. The number of carbonyl (C=O) groups is 2. The molecule has 1 aliphatic carbocycles. The summed E-state index contributed by atoms with van der Waals surface area (Å²) in [7, 11) is 0. The van der Waals surface area contributed by atoms with Gasteiger partial charge < -0.3 is 15.0 Å². The van der Waals surface area contributed by atoms with Gasteiger partial charge >= 0.3 is 0 Å². The van der Waals surface area contributed by atoms with Crippen molar-refractivity contribution in [1.82, 2.24) is 10.2 Å². The molecular weight excluding hydrogens is 268 g/mol. The zero-order valence-electron chi connectivity index (χ0n) is 12.7. The quantitative estimate of drug-likeness (QED) is 0.841. The first-order chi connectivity index (χ1) is 10.2. The number of hydrogen-bond donors (Lipinski definition) is 1. The fourth-order valence-corrected chi connectivity index (χ4v) is 3.89. The van der Waals surface area contributed by atoms with Gasteiger partial charge in [0.25, 0.3) is 0 Å². The van der Waals surface area contributed by atoms with Crippen LogP contribution < -0.4 is 5.32 Å². The zero-order chi connectivity index (χ0) is 14.7. The predicted molar refractivity (Wildman–Crippen MR) is 78.7 cm³/mol. The van der Waals surface area contributed by atoms with Crippen molar-refractivity contribution in [3.63, 3.8) is 0 Å². The van der Waals surface area contributed by atoms with E-state index < -0.39 is 5.54 Å². The van der Waals surface area contributed by atoms with E-state index in [1.165, 1.54) is 6.42 Å². The van der Waals surface area contributed by atoms with Gasteiger partial charge in [-0.25, -0.2) is 0 Å². The Morgan fingerprint density at radius 3 is 2.67 bits per heavy atom. The lowest BCUT2D eigenvalue weighted by Crippen LogP contribution is -2.59. The van der Waals surface area contributed by atoms with Gasteiger partial charge in [0.15, 0.2) is 0 Å². The van der Waals surface area contributed by atoms with E-state index in [-0.39, 0.29) is 17.9 Å². The smallest absolute Gasteiger partial charge is 0.248 e. The Kier molecular flexibility index (Phi) is 4.48. The van der Waals surface area contributed by atoms with Gasteiger partial charge in [-0.05, 0) is 32.1 Å². The lowest BCUT2D eigenvalue weighted by Gasteiger charge is -2.39. The second kappa shape index (κ2) is 6.34.